The number of imidazole rings is 1. The Hall–Kier alpha value is -2.20. The van der Waals surface area contributed by atoms with E-state index in [-0.39, 0.29) is 18.0 Å². The van der Waals surface area contributed by atoms with Crippen LogP contribution < -0.4 is 0 Å². The van der Waals surface area contributed by atoms with E-state index in [2.05, 4.69) is 16.1 Å². The first-order chi connectivity index (χ1) is 14.7. The lowest BCUT2D eigenvalue weighted by molar-refractivity contribution is -0.135. The van der Waals surface area contributed by atoms with Gasteiger partial charge in [0, 0.05) is 56.6 Å². The van der Waals surface area contributed by atoms with Gasteiger partial charge in [0.15, 0.2) is 28.0 Å². The van der Waals surface area contributed by atoms with Crippen molar-refractivity contribution >= 4 is 18.1 Å². The van der Waals surface area contributed by atoms with Crippen LogP contribution in [0.25, 0.3) is 0 Å². The van der Waals surface area contributed by atoms with E-state index in [1.165, 1.54) is 11.4 Å². The molecule has 170 valence electrons. The minimum atomic E-state index is -1.39. The fraction of sp³-hybridized carbons (Fsp3) is 0.524. The van der Waals surface area contributed by atoms with Gasteiger partial charge in [-0.2, -0.15) is 0 Å². The number of ether oxygens (including phenoxy) is 1. The van der Waals surface area contributed by atoms with Crippen LogP contribution in [0.3, 0.4) is 0 Å². The van der Waals surface area contributed by atoms with Gasteiger partial charge in [-0.15, -0.1) is 0 Å². The standard InChI is InChI=1S/C15H23N3O2S.C6H2F4/c1-11-9-13-12(16(2)15(21)18(13)10-11)3-4-14(19)17-5-7-20-8-6-17;7-3-1-4(8)6(10)2-5(3)9/h11H,3-10H2,1-2H3;1-2H. The molecule has 31 heavy (non-hydrogen) atoms. The Labute approximate surface area is 183 Å². The Bertz CT molecular complexity index is 965. The number of halogens is 4. The van der Waals surface area contributed by atoms with E-state index >= 15 is 0 Å². The third kappa shape index (κ3) is 5.35. The summed E-state index contributed by atoms with van der Waals surface area (Å²) in [4.78, 5) is 14.2. The predicted molar refractivity (Wildman–Crippen MR) is 109 cm³/mol. The second kappa shape index (κ2) is 9.95. The number of hydrogen-bond acceptors (Lipinski definition) is 3. The zero-order chi connectivity index (χ0) is 22.7. The maximum atomic E-state index is 12.3. The van der Waals surface area contributed by atoms with Crippen molar-refractivity contribution in [1.29, 1.82) is 0 Å². The number of morpholine rings is 1. The van der Waals surface area contributed by atoms with Gasteiger partial charge < -0.3 is 18.8 Å². The molecule has 0 saturated carbocycles. The molecule has 3 heterocycles. The molecule has 2 aliphatic heterocycles. The Balaban J connectivity index is 0.000000229. The van der Waals surface area contributed by atoms with Crippen molar-refractivity contribution in [3.05, 3.63) is 51.6 Å². The molecule has 0 spiro atoms. The van der Waals surface area contributed by atoms with Crippen LogP contribution >= 0.6 is 12.2 Å². The number of hydrogen-bond donors (Lipinski definition) is 0. The maximum absolute atomic E-state index is 12.3. The summed E-state index contributed by atoms with van der Waals surface area (Å²) in [5.41, 5.74) is 2.58. The van der Waals surface area contributed by atoms with Crippen LogP contribution in [0.5, 0.6) is 0 Å². The second-order valence-electron chi connectivity index (χ2n) is 7.83. The molecular formula is C21H25F4N3O2S. The highest BCUT2D eigenvalue weighted by Crippen LogP contribution is 2.26. The summed E-state index contributed by atoms with van der Waals surface area (Å²) in [6, 6.07) is 0.315. The first-order valence-corrected chi connectivity index (χ1v) is 10.5. The fourth-order valence-electron chi connectivity index (χ4n) is 3.89. The Morgan fingerprint density at radius 2 is 1.65 bits per heavy atom. The Kier molecular flexibility index (Phi) is 7.53. The largest absolute Gasteiger partial charge is 0.378 e. The van der Waals surface area contributed by atoms with Gasteiger partial charge in [0.25, 0.3) is 0 Å². The van der Waals surface area contributed by atoms with E-state index < -0.39 is 23.3 Å². The van der Waals surface area contributed by atoms with Crippen molar-refractivity contribution in [2.75, 3.05) is 26.3 Å². The highest BCUT2D eigenvalue weighted by molar-refractivity contribution is 7.71. The SMILES string of the molecule is CC1Cc2c(CCC(=O)N3CCOCC3)n(C)c(=S)n2C1.Fc1cc(F)c(F)cc1F. The van der Waals surface area contributed by atoms with Crippen LogP contribution in [-0.4, -0.2) is 46.2 Å². The normalized spacial score (nSPS) is 17.9. The number of nitrogens with zero attached hydrogens (tertiary/aromatic N) is 3. The third-order valence-corrected chi connectivity index (χ3v) is 6.01. The summed E-state index contributed by atoms with van der Waals surface area (Å²) in [5.74, 6) is -4.68. The van der Waals surface area contributed by atoms with E-state index in [1.807, 2.05) is 11.9 Å². The topological polar surface area (TPSA) is 39.4 Å². The minimum Gasteiger partial charge on any atom is -0.378 e. The molecule has 4 rings (SSSR count). The molecule has 0 bridgehead atoms. The molecule has 1 saturated heterocycles. The van der Waals surface area contributed by atoms with Crippen LogP contribution in [0.4, 0.5) is 17.6 Å². The molecule has 1 aromatic heterocycles. The smallest absolute Gasteiger partial charge is 0.223 e. The monoisotopic (exact) mass is 459 g/mol. The average Bonchev–Trinajstić information content (AvgIpc) is 3.22. The van der Waals surface area contributed by atoms with Crippen molar-refractivity contribution in [3.8, 4) is 0 Å². The molecule has 2 aromatic rings. The van der Waals surface area contributed by atoms with Crippen molar-refractivity contribution < 1.29 is 27.1 Å². The van der Waals surface area contributed by atoms with E-state index in [1.54, 1.807) is 0 Å². The highest BCUT2D eigenvalue weighted by Gasteiger charge is 2.25. The molecule has 1 atom stereocenters. The van der Waals surface area contributed by atoms with Gasteiger partial charge in [-0.05, 0) is 31.0 Å². The molecular weight excluding hydrogens is 434 g/mol. The van der Waals surface area contributed by atoms with Crippen LogP contribution in [0.2, 0.25) is 0 Å². The van der Waals surface area contributed by atoms with E-state index in [0.29, 0.717) is 25.6 Å². The number of carbonyl (C=O) groups is 1. The summed E-state index contributed by atoms with van der Waals surface area (Å²) in [6.07, 6.45) is 2.42. The lowest BCUT2D eigenvalue weighted by Crippen LogP contribution is -2.40. The summed E-state index contributed by atoms with van der Waals surface area (Å²) in [6.45, 7) is 6.04. The summed E-state index contributed by atoms with van der Waals surface area (Å²) < 4.78 is 58.4. The van der Waals surface area contributed by atoms with Gasteiger partial charge in [-0.25, -0.2) is 17.6 Å². The molecule has 0 N–H and O–H groups in total. The van der Waals surface area contributed by atoms with Gasteiger partial charge in [0.2, 0.25) is 5.91 Å². The quantitative estimate of drug-likeness (QED) is 0.399. The molecule has 1 unspecified atom stereocenters. The van der Waals surface area contributed by atoms with Gasteiger partial charge in [0.1, 0.15) is 0 Å². The Morgan fingerprint density at radius 3 is 2.19 bits per heavy atom. The first kappa shape index (κ1) is 23.5. The maximum Gasteiger partial charge on any atom is 0.223 e. The minimum absolute atomic E-state index is 0.157. The average molecular weight is 460 g/mol. The van der Waals surface area contributed by atoms with Crippen LogP contribution in [0.1, 0.15) is 24.7 Å². The van der Waals surface area contributed by atoms with Gasteiger partial charge in [0.05, 0.1) is 13.2 Å². The fourth-order valence-corrected chi connectivity index (χ4v) is 4.19. The summed E-state index contributed by atoms with van der Waals surface area (Å²) in [7, 11) is 2.02. The summed E-state index contributed by atoms with van der Waals surface area (Å²) >= 11 is 5.51. The van der Waals surface area contributed by atoms with Crippen molar-refractivity contribution in [2.45, 2.75) is 32.7 Å². The number of carbonyl (C=O) groups excluding carboxylic acids is 1. The molecule has 2 aliphatic rings. The van der Waals surface area contributed by atoms with Gasteiger partial charge in [-0.1, -0.05) is 6.92 Å². The Morgan fingerprint density at radius 1 is 1.10 bits per heavy atom. The summed E-state index contributed by atoms with van der Waals surface area (Å²) in [5, 5.41) is 0. The number of amides is 1. The molecule has 10 heteroatoms. The van der Waals surface area contributed by atoms with Gasteiger partial charge in [-0.3, -0.25) is 4.79 Å². The van der Waals surface area contributed by atoms with Crippen molar-refractivity contribution in [1.82, 2.24) is 14.0 Å². The molecule has 0 aliphatic carbocycles. The number of aromatic nitrogens is 2. The van der Waals surface area contributed by atoms with Crippen LogP contribution in [0.15, 0.2) is 12.1 Å². The van der Waals surface area contributed by atoms with E-state index in [9.17, 15) is 22.4 Å². The molecule has 0 radical (unpaired) electrons. The molecule has 1 aromatic carbocycles. The van der Waals surface area contributed by atoms with E-state index in [0.717, 1.165) is 37.2 Å². The van der Waals surface area contributed by atoms with Gasteiger partial charge >= 0.3 is 0 Å². The predicted octanol–water partition coefficient (Wildman–Crippen LogP) is 3.78. The van der Waals surface area contributed by atoms with Crippen LogP contribution in [-0.2, 0) is 36.0 Å². The van der Waals surface area contributed by atoms with Crippen LogP contribution in [0, 0.1) is 34.0 Å². The molecule has 5 nitrogen and oxygen atoms in total. The molecule has 1 fully saturated rings. The highest BCUT2D eigenvalue weighted by atomic mass is 32.1. The lowest BCUT2D eigenvalue weighted by atomic mass is 10.1. The van der Waals surface area contributed by atoms with Crippen molar-refractivity contribution in [2.24, 2.45) is 13.0 Å². The number of fused-ring (bicyclic) bond motifs is 1. The second-order valence-corrected chi connectivity index (χ2v) is 8.19. The number of benzene rings is 1. The first-order valence-electron chi connectivity index (χ1n) is 10.1. The third-order valence-electron chi connectivity index (χ3n) is 5.52. The lowest BCUT2D eigenvalue weighted by Gasteiger charge is -2.26. The number of rotatable bonds is 3. The molecule has 1 amide bonds. The van der Waals surface area contributed by atoms with Crippen molar-refractivity contribution in [3.63, 3.8) is 0 Å². The zero-order valence-electron chi connectivity index (χ0n) is 17.5. The zero-order valence-corrected chi connectivity index (χ0v) is 18.3. The van der Waals surface area contributed by atoms with E-state index in [4.69, 9.17) is 17.0 Å².